The van der Waals surface area contributed by atoms with Crippen molar-refractivity contribution in [3.63, 3.8) is 0 Å². The fraction of sp³-hybridized carbons (Fsp3) is 0.500. The van der Waals surface area contributed by atoms with Crippen LogP contribution in [0.5, 0.6) is 0 Å². The molecule has 0 aromatic carbocycles. The van der Waals surface area contributed by atoms with E-state index in [1.807, 2.05) is 19.2 Å². The molecule has 0 amide bonds. The van der Waals surface area contributed by atoms with Gasteiger partial charge in [0.2, 0.25) is 0 Å². The first-order chi connectivity index (χ1) is 8.15. The third kappa shape index (κ3) is 4.66. The molecule has 3 N–H and O–H groups in total. The van der Waals surface area contributed by atoms with Gasteiger partial charge in [0.15, 0.2) is 0 Å². The number of nitrogens with zero attached hydrogens (tertiary/aromatic N) is 2. The number of aromatic nitrogens is 1. The van der Waals surface area contributed by atoms with Gasteiger partial charge in [-0.25, -0.2) is 0 Å². The van der Waals surface area contributed by atoms with Crippen molar-refractivity contribution < 1.29 is 5.11 Å². The molecular formula is C12H19N3OS. The van der Waals surface area contributed by atoms with E-state index in [0.717, 1.165) is 31.5 Å². The minimum absolute atomic E-state index is 0.272. The van der Waals surface area contributed by atoms with E-state index < -0.39 is 0 Å². The standard InChI is InChI=1S/C12H19N3OS/c1-15(7-3-2-4-8-16)10-5-6-11(12(13)17)14-9-10/h5-6,9,16H,2-4,7-8H2,1H3,(H2,13,17). The van der Waals surface area contributed by atoms with Crippen LogP contribution in [0, 0.1) is 0 Å². The predicted molar refractivity (Wildman–Crippen MR) is 74.3 cm³/mol. The predicted octanol–water partition coefficient (Wildman–Crippen LogP) is 1.31. The minimum atomic E-state index is 0.272. The van der Waals surface area contributed by atoms with E-state index in [9.17, 15) is 0 Å². The first-order valence-corrected chi connectivity index (χ1v) is 6.14. The molecule has 4 nitrogen and oxygen atoms in total. The van der Waals surface area contributed by atoms with E-state index in [4.69, 9.17) is 23.1 Å². The second kappa shape index (κ2) is 7.19. The lowest BCUT2D eigenvalue weighted by atomic mass is 10.2. The van der Waals surface area contributed by atoms with Crippen molar-refractivity contribution in [1.29, 1.82) is 0 Å². The Balaban J connectivity index is 2.46. The highest BCUT2D eigenvalue weighted by molar-refractivity contribution is 7.80. The topological polar surface area (TPSA) is 62.4 Å². The molecule has 0 unspecified atom stereocenters. The van der Waals surface area contributed by atoms with Gasteiger partial charge in [0, 0.05) is 20.2 Å². The molecule has 0 aliphatic rings. The SMILES string of the molecule is CN(CCCCCO)c1ccc(C(N)=S)nc1. The molecule has 0 fully saturated rings. The number of thiocarbonyl (C=S) groups is 1. The van der Waals surface area contributed by atoms with Crippen LogP contribution in [0.3, 0.4) is 0 Å². The summed E-state index contributed by atoms with van der Waals surface area (Å²) in [6, 6.07) is 3.80. The maximum Gasteiger partial charge on any atom is 0.122 e. The Kier molecular flexibility index (Phi) is 5.86. The van der Waals surface area contributed by atoms with Crippen LogP contribution < -0.4 is 10.6 Å². The second-order valence-electron chi connectivity index (χ2n) is 3.97. The maximum absolute atomic E-state index is 8.68. The molecule has 5 heteroatoms. The fourth-order valence-corrected chi connectivity index (χ4v) is 1.65. The summed E-state index contributed by atoms with van der Waals surface area (Å²) < 4.78 is 0. The van der Waals surface area contributed by atoms with Crippen molar-refractivity contribution in [3.8, 4) is 0 Å². The van der Waals surface area contributed by atoms with Crippen LogP contribution in [-0.2, 0) is 0 Å². The zero-order valence-electron chi connectivity index (χ0n) is 10.1. The van der Waals surface area contributed by atoms with Crippen LogP contribution in [0.4, 0.5) is 5.69 Å². The smallest absolute Gasteiger partial charge is 0.122 e. The van der Waals surface area contributed by atoms with Gasteiger partial charge in [-0.15, -0.1) is 0 Å². The first-order valence-electron chi connectivity index (χ1n) is 5.73. The van der Waals surface area contributed by atoms with Crippen LogP contribution in [0.15, 0.2) is 18.3 Å². The van der Waals surface area contributed by atoms with Gasteiger partial charge in [0.05, 0.1) is 17.6 Å². The molecule has 0 radical (unpaired) electrons. The summed E-state index contributed by atoms with van der Waals surface area (Å²) in [7, 11) is 2.02. The van der Waals surface area contributed by atoms with Crippen molar-refractivity contribution in [3.05, 3.63) is 24.0 Å². The maximum atomic E-state index is 8.68. The highest BCUT2D eigenvalue weighted by Gasteiger charge is 2.02. The number of hydrogen-bond donors (Lipinski definition) is 2. The highest BCUT2D eigenvalue weighted by atomic mass is 32.1. The van der Waals surface area contributed by atoms with Crippen molar-refractivity contribution in [2.75, 3.05) is 25.1 Å². The van der Waals surface area contributed by atoms with E-state index in [1.54, 1.807) is 6.20 Å². The molecule has 0 aliphatic heterocycles. The Morgan fingerprint density at radius 2 is 2.18 bits per heavy atom. The van der Waals surface area contributed by atoms with E-state index in [-0.39, 0.29) is 6.61 Å². The van der Waals surface area contributed by atoms with Gasteiger partial charge in [0.1, 0.15) is 4.99 Å². The van der Waals surface area contributed by atoms with Crippen LogP contribution >= 0.6 is 12.2 Å². The Hall–Kier alpha value is -1.20. The number of rotatable bonds is 7. The van der Waals surface area contributed by atoms with Gasteiger partial charge in [-0.05, 0) is 31.4 Å². The Labute approximate surface area is 107 Å². The molecule has 1 heterocycles. The lowest BCUT2D eigenvalue weighted by molar-refractivity contribution is 0.283. The molecule has 94 valence electrons. The zero-order valence-corrected chi connectivity index (χ0v) is 10.9. The van der Waals surface area contributed by atoms with Crippen LogP contribution in [0.2, 0.25) is 0 Å². The number of hydrogen-bond acceptors (Lipinski definition) is 4. The molecular weight excluding hydrogens is 234 g/mol. The molecule has 1 aromatic heterocycles. The number of unbranched alkanes of at least 4 members (excludes halogenated alkanes) is 2. The average Bonchev–Trinajstić information content (AvgIpc) is 2.34. The summed E-state index contributed by atoms with van der Waals surface area (Å²) >= 11 is 4.85. The molecule has 1 aromatic rings. The molecule has 0 bridgehead atoms. The average molecular weight is 253 g/mol. The van der Waals surface area contributed by atoms with Gasteiger partial charge in [0.25, 0.3) is 0 Å². The number of nitrogens with two attached hydrogens (primary N) is 1. The van der Waals surface area contributed by atoms with Crippen molar-refractivity contribution in [2.45, 2.75) is 19.3 Å². The van der Waals surface area contributed by atoms with Gasteiger partial charge in [-0.3, -0.25) is 4.98 Å². The number of pyridine rings is 1. The summed E-state index contributed by atoms with van der Waals surface area (Å²) in [6.07, 6.45) is 4.75. The van der Waals surface area contributed by atoms with E-state index in [1.165, 1.54) is 0 Å². The molecule has 0 saturated heterocycles. The normalized spacial score (nSPS) is 10.2. The Morgan fingerprint density at radius 1 is 1.41 bits per heavy atom. The third-order valence-corrected chi connectivity index (χ3v) is 2.80. The van der Waals surface area contributed by atoms with Crippen molar-refractivity contribution in [1.82, 2.24) is 4.98 Å². The highest BCUT2D eigenvalue weighted by Crippen LogP contribution is 2.12. The number of anilines is 1. The quantitative estimate of drug-likeness (QED) is 0.567. The number of aliphatic hydroxyl groups is 1. The van der Waals surface area contributed by atoms with Gasteiger partial charge in [-0.2, -0.15) is 0 Å². The summed E-state index contributed by atoms with van der Waals surface area (Å²) in [5.74, 6) is 0. The molecule has 0 aliphatic carbocycles. The Bertz CT molecular complexity index is 353. The minimum Gasteiger partial charge on any atom is -0.396 e. The van der Waals surface area contributed by atoms with E-state index in [2.05, 4.69) is 9.88 Å². The summed E-state index contributed by atoms with van der Waals surface area (Å²) in [4.78, 5) is 6.65. The fourth-order valence-electron chi connectivity index (χ4n) is 1.52. The summed E-state index contributed by atoms with van der Waals surface area (Å²) in [5.41, 5.74) is 7.19. The van der Waals surface area contributed by atoms with Gasteiger partial charge < -0.3 is 15.7 Å². The zero-order chi connectivity index (χ0) is 12.7. The largest absolute Gasteiger partial charge is 0.396 e. The Morgan fingerprint density at radius 3 is 2.71 bits per heavy atom. The van der Waals surface area contributed by atoms with Crippen LogP contribution in [-0.4, -0.2) is 35.3 Å². The first kappa shape index (κ1) is 13.9. The molecule has 0 atom stereocenters. The van der Waals surface area contributed by atoms with Gasteiger partial charge >= 0.3 is 0 Å². The molecule has 17 heavy (non-hydrogen) atoms. The molecule has 0 saturated carbocycles. The summed E-state index contributed by atoms with van der Waals surface area (Å²) in [6.45, 7) is 1.22. The van der Waals surface area contributed by atoms with Gasteiger partial charge in [-0.1, -0.05) is 12.2 Å². The molecule has 1 rings (SSSR count). The second-order valence-corrected chi connectivity index (χ2v) is 4.41. The lowest BCUT2D eigenvalue weighted by Gasteiger charge is -2.18. The van der Waals surface area contributed by atoms with Crippen molar-refractivity contribution >= 4 is 22.9 Å². The third-order valence-electron chi connectivity index (χ3n) is 2.59. The van der Waals surface area contributed by atoms with E-state index in [0.29, 0.717) is 10.7 Å². The molecule has 0 spiro atoms. The van der Waals surface area contributed by atoms with Crippen LogP contribution in [0.1, 0.15) is 25.0 Å². The van der Waals surface area contributed by atoms with Crippen molar-refractivity contribution in [2.24, 2.45) is 5.73 Å². The van der Waals surface area contributed by atoms with E-state index >= 15 is 0 Å². The lowest BCUT2D eigenvalue weighted by Crippen LogP contribution is -2.19. The summed E-state index contributed by atoms with van der Waals surface area (Å²) in [5, 5.41) is 8.68. The van der Waals surface area contributed by atoms with Crippen LogP contribution in [0.25, 0.3) is 0 Å². The number of aliphatic hydroxyl groups excluding tert-OH is 1. The monoisotopic (exact) mass is 253 g/mol.